The summed E-state index contributed by atoms with van der Waals surface area (Å²) in [5.74, 6) is -0.801. The van der Waals surface area contributed by atoms with E-state index >= 15 is 0 Å². The summed E-state index contributed by atoms with van der Waals surface area (Å²) in [6, 6.07) is 0.409. The van der Waals surface area contributed by atoms with Crippen molar-refractivity contribution in [3.63, 3.8) is 0 Å². The van der Waals surface area contributed by atoms with E-state index in [1.54, 1.807) is 11.8 Å². The first-order valence-electron chi connectivity index (χ1n) is 7.77. The zero-order valence-electron chi connectivity index (χ0n) is 13.3. The highest BCUT2D eigenvalue weighted by molar-refractivity contribution is 5.78. The number of aliphatic carboxylic acids is 1. The van der Waals surface area contributed by atoms with Gasteiger partial charge in [0, 0.05) is 32.2 Å². The molecule has 2 rings (SSSR count). The van der Waals surface area contributed by atoms with Gasteiger partial charge in [0.1, 0.15) is 0 Å². The van der Waals surface area contributed by atoms with Crippen LogP contribution in [0.4, 0.5) is 4.79 Å². The Morgan fingerprint density at radius 1 is 1.19 bits per heavy atom. The van der Waals surface area contributed by atoms with Crippen molar-refractivity contribution in [3.05, 3.63) is 0 Å². The highest BCUT2D eigenvalue weighted by atomic mass is 16.4. The topological polar surface area (TPSA) is 64.1 Å². The molecule has 6 heteroatoms. The molecular weight excluding hydrogens is 270 g/mol. The van der Waals surface area contributed by atoms with E-state index in [0.717, 1.165) is 32.4 Å². The zero-order valence-corrected chi connectivity index (χ0v) is 13.3. The number of nitrogens with zero attached hydrogens (tertiary/aromatic N) is 3. The SMILES string of the molecule is CN(C)C1CCCN(C(=O)N2CCCC(C)(C(=O)O)C2)C1. The summed E-state index contributed by atoms with van der Waals surface area (Å²) in [6.45, 7) is 4.26. The molecule has 0 aromatic rings. The lowest BCUT2D eigenvalue weighted by Gasteiger charge is -2.42. The average molecular weight is 297 g/mol. The molecule has 2 aliphatic heterocycles. The van der Waals surface area contributed by atoms with Crippen molar-refractivity contribution in [1.29, 1.82) is 0 Å². The summed E-state index contributed by atoms with van der Waals surface area (Å²) in [5.41, 5.74) is -0.801. The molecule has 120 valence electrons. The molecule has 2 unspecified atom stereocenters. The van der Waals surface area contributed by atoms with Gasteiger partial charge in [0.2, 0.25) is 0 Å². The fourth-order valence-corrected chi connectivity index (χ4v) is 3.33. The lowest BCUT2D eigenvalue weighted by molar-refractivity contribution is -0.150. The molecule has 0 bridgehead atoms. The molecule has 2 heterocycles. The Hall–Kier alpha value is -1.30. The highest BCUT2D eigenvalue weighted by Crippen LogP contribution is 2.30. The molecular formula is C15H27N3O3. The second kappa shape index (κ2) is 6.22. The van der Waals surface area contributed by atoms with Crippen molar-refractivity contribution >= 4 is 12.0 Å². The van der Waals surface area contributed by atoms with Crippen molar-refractivity contribution in [2.24, 2.45) is 5.41 Å². The Morgan fingerprint density at radius 2 is 1.86 bits per heavy atom. The fraction of sp³-hybridized carbons (Fsp3) is 0.867. The van der Waals surface area contributed by atoms with Crippen LogP contribution >= 0.6 is 0 Å². The van der Waals surface area contributed by atoms with Crippen LogP contribution in [0, 0.1) is 5.41 Å². The molecule has 0 radical (unpaired) electrons. The van der Waals surface area contributed by atoms with E-state index in [0.29, 0.717) is 25.6 Å². The minimum absolute atomic E-state index is 0.00808. The summed E-state index contributed by atoms with van der Waals surface area (Å²) < 4.78 is 0. The second-order valence-electron chi connectivity index (χ2n) is 6.88. The Balaban J connectivity index is 2.00. The first kappa shape index (κ1) is 16.1. The fourth-order valence-electron chi connectivity index (χ4n) is 3.33. The smallest absolute Gasteiger partial charge is 0.320 e. The standard InChI is InChI=1S/C15H27N3O3/c1-15(13(19)20)7-5-9-18(11-15)14(21)17-8-4-6-12(10-17)16(2)3/h12H,4-11H2,1-3H3,(H,19,20). The van der Waals surface area contributed by atoms with Crippen molar-refractivity contribution < 1.29 is 14.7 Å². The lowest BCUT2D eigenvalue weighted by atomic mass is 9.82. The number of carbonyl (C=O) groups excluding carboxylic acids is 1. The number of amides is 2. The number of urea groups is 1. The maximum Gasteiger partial charge on any atom is 0.320 e. The molecule has 0 spiro atoms. The van der Waals surface area contributed by atoms with Gasteiger partial charge >= 0.3 is 12.0 Å². The Morgan fingerprint density at radius 3 is 2.48 bits per heavy atom. The lowest BCUT2D eigenvalue weighted by Crippen LogP contribution is -2.56. The van der Waals surface area contributed by atoms with Crippen molar-refractivity contribution in [2.45, 2.75) is 38.6 Å². The number of rotatable bonds is 2. The highest BCUT2D eigenvalue weighted by Gasteiger charge is 2.40. The van der Waals surface area contributed by atoms with Crippen LogP contribution < -0.4 is 0 Å². The third kappa shape index (κ3) is 3.48. The number of likely N-dealkylation sites (tertiary alicyclic amines) is 2. The number of likely N-dealkylation sites (N-methyl/N-ethyl adjacent to an activating group) is 1. The first-order chi connectivity index (χ1) is 9.83. The van der Waals surface area contributed by atoms with Crippen LogP contribution in [-0.4, -0.2) is 78.1 Å². The number of carbonyl (C=O) groups is 2. The van der Waals surface area contributed by atoms with Gasteiger partial charge in [-0.3, -0.25) is 4.79 Å². The van der Waals surface area contributed by atoms with Gasteiger partial charge in [0.15, 0.2) is 0 Å². The second-order valence-corrected chi connectivity index (χ2v) is 6.88. The maximum absolute atomic E-state index is 12.7. The van der Waals surface area contributed by atoms with Crippen LogP contribution in [-0.2, 0) is 4.79 Å². The van der Waals surface area contributed by atoms with Gasteiger partial charge in [-0.15, -0.1) is 0 Å². The van der Waals surface area contributed by atoms with Gasteiger partial charge < -0.3 is 19.8 Å². The van der Waals surface area contributed by atoms with Crippen LogP contribution in [0.15, 0.2) is 0 Å². The van der Waals surface area contributed by atoms with Crippen molar-refractivity contribution in [2.75, 3.05) is 40.3 Å². The number of carboxylic acids is 1. The van der Waals surface area contributed by atoms with Crippen LogP contribution in [0.3, 0.4) is 0 Å². The Kier molecular flexibility index (Phi) is 4.76. The minimum atomic E-state index is -0.801. The van der Waals surface area contributed by atoms with Gasteiger partial charge in [0.05, 0.1) is 5.41 Å². The average Bonchev–Trinajstić information content (AvgIpc) is 2.46. The molecule has 2 saturated heterocycles. The molecule has 2 aliphatic rings. The van der Waals surface area contributed by atoms with E-state index in [-0.39, 0.29) is 6.03 Å². The van der Waals surface area contributed by atoms with E-state index in [1.165, 1.54) is 0 Å². The molecule has 21 heavy (non-hydrogen) atoms. The van der Waals surface area contributed by atoms with Crippen molar-refractivity contribution in [1.82, 2.24) is 14.7 Å². The number of hydrogen-bond donors (Lipinski definition) is 1. The summed E-state index contributed by atoms with van der Waals surface area (Å²) in [6.07, 6.45) is 3.54. The van der Waals surface area contributed by atoms with Crippen LogP contribution in [0.2, 0.25) is 0 Å². The van der Waals surface area contributed by atoms with Crippen LogP contribution in [0.25, 0.3) is 0 Å². The molecule has 0 aromatic heterocycles. The quantitative estimate of drug-likeness (QED) is 0.835. The minimum Gasteiger partial charge on any atom is -0.481 e. The summed E-state index contributed by atoms with van der Waals surface area (Å²) in [5, 5.41) is 9.36. The largest absolute Gasteiger partial charge is 0.481 e. The molecule has 0 saturated carbocycles. The maximum atomic E-state index is 12.7. The molecule has 2 amide bonds. The summed E-state index contributed by atoms with van der Waals surface area (Å²) in [7, 11) is 4.09. The van der Waals surface area contributed by atoms with E-state index in [9.17, 15) is 14.7 Å². The van der Waals surface area contributed by atoms with Gasteiger partial charge in [-0.1, -0.05) is 0 Å². The van der Waals surface area contributed by atoms with Crippen LogP contribution in [0.5, 0.6) is 0 Å². The molecule has 2 atom stereocenters. The van der Waals surface area contributed by atoms with E-state index < -0.39 is 11.4 Å². The van der Waals surface area contributed by atoms with E-state index in [2.05, 4.69) is 4.90 Å². The molecule has 6 nitrogen and oxygen atoms in total. The molecule has 2 fully saturated rings. The van der Waals surface area contributed by atoms with Gasteiger partial charge in [-0.05, 0) is 46.7 Å². The third-order valence-electron chi connectivity index (χ3n) is 4.88. The number of piperidine rings is 2. The predicted octanol–water partition coefficient (Wildman–Crippen LogP) is 1.32. The normalized spacial score (nSPS) is 30.6. The first-order valence-corrected chi connectivity index (χ1v) is 7.77. The van der Waals surface area contributed by atoms with E-state index in [4.69, 9.17) is 0 Å². The summed E-state index contributed by atoms with van der Waals surface area (Å²) >= 11 is 0. The van der Waals surface area contributed by atoms with E-state index in [1.807, 2.05) is 19.0 Å². The third-order valence-corrected chi connectivity index (χ3v) is 4.88. The predicted molar refractivity (Wildman–Crippen MR) is 80.2 cm³/mol. The summed E-state index contributed by atoms with van der Waals surface area (Å²) in [4.78, 5) is 29.9. The zero-order chi connectivity index (χ0) is 15.6. The molecule has 0 aromatic carbocycles. The Labute approximate surface area is 126 Å². The molecule has 0 aliphatic carbocycles. The van der Waals surface area contributed by atoms with Gasteiger partial charge in [0.25, 0.3) is 0 Å². The Bertz CT molecular complexity index is 413. The number of carboxylic acid groups (broad SMARTS) is 1. The number of hydrogen-bond acceptors (Lipinski definition) is 3. The van der Waals surface area contributed by atoms with Crippen LogP contribution in [0.1, 0.15) is 32.6 Å². The van der Waals surface area contributed by atoms with Crippen molar-refractivity contribution in [3.8, 4) is 0 Å². The monoisotopic (exact) mass is 297 g/mol. The molecule has 1 N–H and O–H groups in total. The van der Waals surface area contributed by atoms with Gasteiger partial charge in [-0.2, -0.15) is 0 Å². The van der Waals surface area contributed by atoms with Gasteiger partial charge in [-0.25, -0.2) is 4.79 Å².